The number of anilines is 1. The van der Waals surface area contributed by atoms with E-state index >= 15 is 0 Å². The van der Waals surface area contributed by atoms with Crippen LogP contribution in [0.4, 0.5) is 32.2 Å². The molecule has 31 heavy (non-hydrogen) atoms. The number of piperidine rings is 1. The van der Waals surface area contributed by atoms with Crippen LogP contribution in [0.3, 0.4) is 0 Å². The molecule has 1 aromatic carbocycles. The first-order chi connectivity index (χ1) is 14.6. The normalized spacial score (nSPS) is 17.5. The van der Waals surface area contributed by atoms with Gasteiger partial charge in [-0.3, -0.25) is 0 Å². The van der Waals surface area contributed by atoms with E-state index < -0.39 is 29.8 Å². The number of hydrogen-bond acceptors (Lipinski definition) is 5. The van der Waals surface area contributed by atoms with E-state index in [0.717, 1.165) is 31.0 Å². The Morgan fingerprint density at radius 2 is 1.74 bits per heavy atom. The van der Waals surface area contributed by atoms with Gasteiger partial charge in [0.2, 0.25) is 0 Å². The van der Waals surface area contributed by atoms with Gasteiger partial charge < -0.3 is 14.4 Å². The van der Waals surface area contributed by atoms with Gasteiger partial charge in [-0.05, 0) is 49.6 Å². The van der Waals surface area contributed by atoms with Crippen LogP contribution in [0.15, 0.2) is 30.3 Å². The van der Waals surface area contributed by atoms with Gasteiger partial charge in [0, 0.05) is 13.0 Å². The van der Waals surface area contributed by atoms with Gasteiger partial charge in [-0.25, -0.2) is 0 Å². The molecule has 2 heterocycles. The van der Waals surface area contributed by atoms with Crippen LogP contribution in [0.2, 0.25) is 0 Å². The molecular formula is C20H21F6N3O2. The van der Waals surface area contributed by atoms with Crippen LogP contribution in [0.1, 0.15) is 43.9 Å². The average Bonchev–Trinajstić information content (AvgIpc) is 2.72. The minimum absolute atomic E-state index is 0.0410. The molecule has 3 rings (SSSR count). The summed E-state index contributed by atoms with van der Waals surface area (Å²) < 4.78 is 88.9. The summed E-state index contributed by atoms with van der Waals surface area (Å²) in [6.45, 7) is 2.48. The Balaban J connectivity index is 1.85. The highest BCUT2D eigenvalue weighted by molar-refractivity contribution is 5.45. The first-order valence-electron chi connectivity index (χ1n) is 9.78. The summed E-state index contributed by atoms with van der Waals surface area (Å²) in [5.74, 6) is 0.277. The molecule has 0 saturated carbocycles. The standard InChI is InChI=1S/C20H21F6N3O2/c1-2-11-30-15-12-13(19(21,22)23)6-7-14(15)31-18-5-3-4-10-29(18)17-9-8-16(27-28-17)20(24,25)26/h6-9,12,18H,2-5,10-11H2,1H3. The van der Waals surface area contributed by atoms with Crippen molar-refractivity contribution in [2.45, 2.75) is 51.2 Å². The fraction of sp³-hybridized carbons (Fsp3) is 0.500. The summed E-state index contributed by atoms with van der Waals surface area (Å²) >= 11 is 0. The molecule has 1 saturated heterocycles. The third-order valence-corrected chi connectivity index (χ3v) is 4.68. The highest BCUT2D eigenvalue weighted by atomic mass is 19.4. The maximum atomic E-state index is 13.1. The van der Waals surface area contributed by atoms with Crippen LogP contribution in [0.5, 0.6) is 11.5 Å². The van der Waals surface area contributed by atoms with Gasteiger partial charge in [0.1, 0.15) is 0 Å². The SMILES string of the molecule is CCCOc1cc(C(F)(F)F)ccc1OC1CCCCN1c1ccc(C(F)(F)F)nn1. The summed E-state index contributed by atoms with van der Waals surface area (Å²) in [7, 11) is 0. The van der Waals surface area contributed by atoms with Crippen molar-refractivity contribution in [3.05, 3.63) is 41.6 Å². The highest BCUT2D eigenvalue weighted by Crippen LogP contribution is 2.38. The summed E-state index contributed by atoms with van der Waals surface area (Å²) in [5.41, 5.74) is -1.97. The van der Waals surface area contributed by atoms with Crippen LogP contribution in [-0.2, 0) is 12.4 Å². The minimum Gasteiger partial charge on any atom is -0.490 e. The number of hydrogen-bond donors (Lipinski definition) is 0. The molecule has 0 bridgehead atoms. The third-order valence-electron chi connectivity index (χ3n) is 4.68. The Morgan fingerprint density at radius 3 is 2.35 bits per heavy atom. The zero-order valence-corrected chi connectivity index (χ0v) is 16.6. The molecule has 1 fully saturated rings. The molecular weight excluding hydrogens is 428 g/mol. The fourth-order valence-corrected chi connectivity index (χ4v) is 3.17. The van der Waals surface area contributed by atoms with E-state index in [9.17, 15) is 26.3 Å². The number of halogens is 6. The lowest BCUT2D eigenvalue weighted by molar-refractivity contribution is -0.141. The molecule has 0 radical (unpaired) electrons. The number of alkyl halides is 6. The first-order valence-corrected chi connectivity index (χ1v) is 9.78. The van der Waals surface area contributed by atoms with Crippen LogP contribution in [-0.4, -0.2) is 29.6 Å². The van der Waals surface area contributed by atoms with Crippen LogP contribution < -0.4 is 14.4 Å². The first kappa shape index (κ1) is 23.0. The number of aromatic nitrogens is 2. The van der Waals surface area contributed by atoms with Crippen molar-refractivity contribution in [1.29, 1.82) is 0 Å². The Morgan fingerprint density at radius 1 is 0.968 bits per heavy atom. The average molecular weight is 449 g/mol. The van der Waals surface area contributed by atoms with Crippen molar-refractivity contribution in [2.75, 3.05) is 18.1 Å². The van der Waals surface area contributed by atoms with E-state index in [0.29, 0.717) is 19.4 Å². The van der Waals surface area contributed by atoms with Gasteiger partial charge in [0.25, 0.3) is 0 Å². The quantitative estimate of drug-likeness (QED) is 0.530. The van der Waals surface area contributed by atoms with Crippen molar-refractivity contribution >= 4 is 5.82 Å². The van der Waals surface area contributed by atoms with Gasteiger partial charge >= 0.3 is 12.4 Å². The van der Waals surface area contributed by atoms with Gasteiger partial charge in [-0.1, -0.05) is 6.92 Å². The molecule has 0 amide bonds. The monoisotopic (exact) mass is 449 g/mol. The summed E-state index contributed by atoms with van der Waals surface area (Å²) in [6, 6.07) is 5.02. The second kappa shape index (κ2) is 9.19. The van der Waals surface area contributed by atoms with Crippen LogP contribution >= 0.6 is 0 Å². The topological polar surface area (TPSA) is 47.5 Å². The number of nitrogens with zero attached hydrogens (tertiary/aromatic N) is 3. The molecule has 1 unspecified atom stereocenters. The predicted octanol–water partition coefficient (Wildman–Crippen LogP) is 5.70. The smallest absolute Gasteiger partial charge is 0.435 e. The largest absolute Gasteiger partial charge is 0.490 e. The summed E-state index contributed by atoms with van der Waals surface area (Å²) in [5, 5.41) is 6.92. The van der Waals surface area contributed by atoms with E-state index in [4.69, 9.17) is 9.47 Å². The maximum Gasteiger partial charge on any atom is 0.435 e. The second-order valence-electron chi connectivity index (χ2n) is 7.04. The van der Waals surface area contributed by atoms with Crippen LogP contribution in [0.25, 0.3) is 0 Å². The number of benzene rings is 1. The molecule has 0 spiro atoms. The Labute approximate surface area is 175 Å². The van der Waals surface area contributed by atoms with E-state index in [-0.39, 0.29) is 23.9 Å². The van der Waals surface area contributed by atoms with E-state index in [1.807, 2.05) is 6.92 Å². The number of ether oxygens (including phenoxy) is 2. The molecule has 5 nitrogen and oxygen atoms in total. The third kappa shape index (κ3) is 5.71. The van der Waals surface area contributed by atoms with Crippen molar-refractivity contribution in [1.82, 2.24) is 10.2 Å². The van der Waals surface area contributed by atoms with E-state index in [2.05, 4.69) is 10.2 Å². The summed E-state index contributed by atoms with van der Waals surface area (Å²) in [6.07, 6.45) is -7.13. The van der Waals surface area contributed by atoms with Crippen molar-refractivity contribution in [3.63, 3.8) is 0 Å². The number of rotatable bonds is 6. The molecule has 1 aromatic heterocycles. The Bertz CT molecular complexity index is 871. The maximum absolute atomic E-state index is 13.1. The van der Waals surface area contributed by atoms with Crippen molar-refractivity contribution in [3.8, 4) is 11.5 Å². The molecule has 2 aromatic rings. The van der Waals surface area contributed by atoms with Gasteiger partial charge in [0.15, 0.2) is 29.2 Å². The molecule has 11 heteroatoms. The minimum atomic E-state index is -4.60. The van der Waals surface area contributed by atoms with Gasteiger partial charge in [-0.2, -0.15) is 26.3 Å². The van der Waals surface area contributed by atoms with Gasteiger partial charge in [-0.15, -0.1) is 10.2 Å². The second-order valence-corrected chi connectivity index (χ2v) is 7.04. The van der Waals surface area contributed by atoms with E-state index in [1.165, 1.54) is 12.1 Å². The molecule has 1 aliphatic rings. The van der Waals surface area contributed by atoms with Crippen LogP contribution in [0, 0.1) is 0 Å². The fourth-order valence-electron chi connectivity index (χ4n) is 3.17. The lowest BCUT2D eigenvalue weighted by Gasteiger charge is -2.36. The molecule has 0 aliphatic carbocycles. The molecule has 1 aliphatic heterocycles. The highest BCUT2D eigenvalue weighted by Gasteiger charge is 2.35. The predicted molar refractivity (Wildman–Crippen MR) is 99.9 cm³/mol. The van der Waals surface area contributed by atoms with Crippen molar-refractivity contribution in [2.24, 2.45) is 0 Å². The molecule has 0 N–H and O–H groups in total. The van der Waals surface area contributed by atoms with Crippen molar-refractivity contribution < 1.29 is 35.8 Å². The van der Waals surface area contributed by atoms with E-state index in [1.54, 1.807) is 4.90 Å². The lowest BCUT2D eigenvalue weighted by atomic mass is 10.1. The van der Waals surface area contributed by atoms with Gasteiger partial charge in [0.05, 0.1) is 12.2 Å². The zero-order valence-electron chi connectivity index (χ0n) is 16.6. The Hall–Kier alpha value is -2.72. The molecule has 170 valence electrons. The summed E-state index contributed by atoms with van der Waals surface area (Å²) in [4.78, 5) is 1.65. The Kier molecular flexibility index (Phi) is 6.80. The zero-order chi connectivity index (χ0) is 22.6. The molecule has 1 atom stereocenters. The lowest BCUT2D eigenvalue weighted by Crippen LogP contribution is -2.44.